The molecule has 0 aliphatic heterocycles. The van der Waals surface area contributed by atoms with Gasteiger partial charge in [0.25, 0.3) is 0 Å². The zero-order valence-electron chi connectivity index (χ0n) is 14.1. The number of unbranched alkanes of at least 4 members (excludes halogenated alkanes) is 4. The van der Waals surface area contributed by atoms with E-state index in [1.165, 1.54) is 36.8 Å². The van der Waals surface area contributed by atoms with Crippen LogP contribution in [0.25, 0.3) is 0 Å². The first kappa shape index (κ1) is 17.5. The number of nitrogens with zero attached hydrogens (tertiary/aromatic N) is 1. The molecule has 0 saturated heterocycles. The van der Waals surface area contributed by atoms with Crippen LogP contribution in [0.5, 0.6) is 5.75 Å². The van der Waals surface area contributed by atoms with Crippen molar-refractivity contribution in [2.75, 3.05) is 6.61 Å². The Morgan fingerprint density at radius 2 is 1.83 bits per heavy atom. The topological polar surface area (TPSA) is 34.1 Å². The van der Waals surface area contributed by atoms with Crippen LogP contribution in [0, 0.1) is 0 Å². The second-order valence-corrected chi connectivity index (χ2v) is 5.84. The first-order valence-corrected chi connectivity index (χ1v) is 8.70. The predicted molar refractivity (Wildman–Crippen MR) is 95.5 cm³/mol. The molecule has 23 heavy (non-hydrogen) atoms. The van der Waals surface area contributed by atoms with Crippen molar-refractivity contribution >= 4 is 0 Å². The first-order chi connectivity index (χ1) is 11.4. The van der Waals surface area contributed by atoms with Gasteiger partial charge >= 0.3 is 0 Å². The molecule has 1 N–H and O–H groups in total. The fraction of sp³-hybridized carbons (Fsp3) is 0.450. The lowest BCUT2D eigenvalue weighted by atomic mass is 10.1. The van der Waals surface area contributed by atoms with Crippen molar-refractivity contribution in [2.45, 2.75) is 52.1 Å². The normalized spacial score (nSPS) is 10.7. The quantitative estimate of drug-likeness (QED) is 0.610. The van der Waals surface area contributed by atoms with Crippen molar-refractivity contribution in [3.8, 4) is 5.75 Å². The molecule has 1 aromatic carbocycles. The van der Waals surface area contributed by atoms with Gasteiger partial charge in [-0.2, -0.15) is 0 Å². The molecule has 0 radical (unpaired) electrons. The van der Waals surface area contributed by atoms with E-state index in [9.17, 15) is 0 Å². The van der Waals surface area contributed by atoms with Gasteiger partial charge in [0.05, 0.1) is 6.61 Å². The third kappa shape index (κ3) is 6.83. The van der Waals surface area contributed by atoms with E-state index in [0.29, 0.717) is 0 Å². The van der Waals surface area contributed by atoms with Gasteiger partial charge in [0.15, 0.2) is 0 Å². The van der Waals surface area contributed by atoms with E-state index in [1.54, 1.807) is 6.20 Å². The molecular weight excluding hydrogens is 284 g/mol. The Bertz CT molecular complexity index is 542. The summed E-state index contributed by atoms with van der Waals surface area (Å²) in [5.74, 6) is 1.00. The van der Waals surface area contributed by atoms with E-state index < -0.39 is 0 Å². The molecule has 0 atom stereocenters. The molecule has 3 heteroatoms. The molecule has 0 saturated carbocycles. The number of benzene rings is 1. The lowest BCUT2D eigenvalue weighted by Crippen LogP contribution is -2.14. The second kappa shape index (κ2) is 10.8. The monoisotopic (exact) mass is 312 g/mol. The zero-order chi connectivity index (χ0) is 16.2. The van der Waals surface area contributed by atoms with Crippen LogP contribution < -0.4 is 10.1 Å². The van der Waals surface area contributed by atoms with Crippen LogP contribution in [0.2, 0.25) is 0 Å². The van der Waals surface area contributed by atoms with E-state index in [-0.39, 0.29) is 0 Å². The van der Waals surface area contributed by atoms with Crippen LogP contribution in [0.15, 0.2) is 48.8 Å². The number of pyridine rings is 1. The Kier molecular flexibility index (Phi) is 8.20. The summed E-state index contributed by atoms with van der Waals surface area (Å²) in [6.45, 7) is 4.68. The molecule has 0 bridgehead atoms. The molecule has 0 unspecified atom stereocenters. The number of aromatic nitrogens is 1. The molecule has 2 aromatic rings. The maximum atomic E-state index is 5.97. The summed E-state index contributed by atoms with van der Waals surface area (Å²) in [4.78, 5) is 4.13. The highest BCUT2D eigenvalue weighted by Crippen LogP contribution is 2.18. The maximum absolute atomic E-state index is 5.97. The number of rotatable bonds is 11. The van der Waals surface area contributed by atoms with Crippen LogP contribution in [0.1, 0.15) is 50.2 Å². The van der Waals surface area contributed by atoms with Crippen LogP contribution in [0.3, 0.4) is 0 Å². The summed E-state index contributed by atoms with van der Waals surface area (Å²) < 4.78 is 5.97. The molecule has 124 valence electrons. The van der Waals surface area contributed by atoms with Crippen molar-refractivity contribution in [1.82, 2.24) is 10.3 Å². The van der Waals surface area contributed by atoms with E-state index in [1.807, 2.05) is 18.3 Å². The smallest absolute Gasteiger partial charge is 0.123 e. The molecule has 0 fully saturated rings. The third-order valence-corrected chi connectivity index (χ3v) is 3.85. The number of nitrogens with one attached hydrogen (secondary N) is 1. The average molecular weight is 312 g/mol. The molecule has 1 heterocycles. The Labute approximate surface area is 140 Å². The summed E-state index contributed by atoms with van der Waals surface area (Å²) in [6, 6.07) is 12.3. The fourth-order valence-corrected chi connectivity index (χ4v) is 2.52. The number of hydrogen-bond acceptors (Lipinski definition) is 3. The van der Waals surface area contributed by atoms with Gasteiger partial charge < -0.3 is 10.1 Å². The summed E-state index contributed by atoms with van der Waals surface area (Å²) in [5, 5.41) is 3.46. The van der Waals surface area contributed by atoms with Crippen LogP contribution >= 0.6 is 0 Å². The van der Waals surface area contributed by atoms with E-state index in [2.05, 4.69) is 41.5 Å². The highest BCUT2D eigenvalue weighted by Gasteiger charge is 2.03. The van der Waals surface area contributed by atoms with Gasteiger partial charge in [-0.05, 0) is 24.1 Å². The molecule has 0 aliphatic carbocycles. The maximum Gasteiger partial charge on any atom is 0.123 e. The Balaban J connectivity index is 1.73. The van der Waals surface area contributed by atoms with E-state index >= 15 is 0 Å². The highest BCUT2D eigenvalue weighted by molar-refractivity contribution is 5.33. The van der Waals surface area contributed by atoms with E-state index in [0.717, 1.165) is 31.9 Å². The number of para-hydroxylation sites is 1. The fourth-order valence-electron chi connectivity index (χ4n) is 2.52. The Hall–Kier alpha value is -1.87. The van der Waals surface area contributed by atoms with Crippen molar-refractivity contribution in [3.63, 3.8) is 0 Å². The zero-order valence-corrected chi connectivity index (χ0v) is 14.1. The van der Waals surface area contributed by atoms with Crippen molar-refractivity contribution in [1.29, 1.82) is 0 Å². The second-order valence-electron chi connectivity index (χ2n) is 5.84. The van der Waals surface area contributed by atoms with Gasteiger partial charge in [0, 0.05) is 31.0 Å². The van der Waals surface area contributed by atoms with Gasteiger partial charge in [-0.3, -0.25) is 4.98 Å². The molecule has 2 rings (SSSR count). The SMILES string of the molecule is CCCCCCCOc1ccccc1CNCc1cccnc1. The van der Waals surface area contributed by atoms with Gasteiger partial charge in [-0.25, -0.2) is 0 Å². The van der Waals surface area contributed by atoms with Crippen molar-refractivity contribution < 1.29 is 4.74 Å². The standard InChI is InChI=1S/C20H28N2O/c1-2-3-4-5-8-14-23-20-12-7-6-11-19(20)17-22-16-18-10-9-13-21-15-18/h6-7,9-13,15,22H,2-5,8,14,16-17H2,1H3. The molecular formula is C20H28N2O. The molecule has 1 aromatic heterocycles. The average Bonchev–Trinajstić information content (AvgIpc) is 2.60. The third-order valence-electron chi connectivity index (χ3n) is 3.85. The lowest BCUT2D eigenvalue weighted by molar-refractivity contribution is 0.301. The largest absolute Gasteiger partial charge is 0.493 e. The van der Waals surface area contributed by atoms with Gasteiger partial charge in [-0.15, -0.1) is 0 Å². The summed E-state index contributed by atoms with van der Waals surface area (Å²) >= 11 is 0. The van der Waals surface area contributed by atoms with Crippen molar-refractivity contribution in [3.05, 3.63) is 59.9 Å². The Morgan fingerprint density at radius 3 is 2.65 bits per heavy atom. The van der Waals surface area contributed by atoms with Crippen LogP contribution in [-0.2, 0) is 13.1 Å². The predicted octanol–water partition coefficient (Wildman–Crippen LogP) is 4.72. The lowest BCUT2D eigenvalue weighted by Gasteiger charge is -2.12. The van der Waals surface area contributed by atoms with Crippen LogP contribution in [-0.4, -0.2) is 11.6 Å². The molecule has 3 nitrogen and oxygen atoms in total. The van der Waals surface area contributed by atoms with Crippen LogP contribution in [0.4, 0.5) is 0 Å². The molecule has 0 amide bonds. The number of hydrogen-bond donors (Lipinski definition) is 1. The Morgan fingerprint density at radius 1 is 0.957 bits per heavy atom. The summed E-state index contributed by atoms with van der Waals surface area (Å²) in [7, 11) is 0. The minimum absolute atomic E-state index is 0.806. The summed E-state index contributed by atoms with van der Waals surface area (Å²) in [6.07, 6.45) is 10.0. The molecule has 0 spiro atoms. The summed E-state index contributed by atoms with van der Waals surface area (Å²) in [5.41, 5.74) is 2.41. The molecule has 0 aliphatic rings. The van der Waals surface area contributed by atoms with Gasteiger partial charge in [-0.1, -0.05) is 56.9 Å². The van der Waals surface area contributed by atoms with Gasteiger partial charge in [0.1, 0.15) is 5.75 Å². The minimum atomic E-state index is 0.806. The highest BCUT2D eigenvalue weighted by atomic mass is 16.5. The minimum Gasteiger partial charge on any atom is -0.493 e. The number of ether oxygens (including phenoxy) is 1. The van der Waals surface area contributed by atoms with E-state index in [4.69, 9.17) is 4.74 Å². The van der Waals surface area contributed by atoms with Gasteiger partial charge in [0.2, 0.25) is 0 Å². The first-order valence-electron chi connectivity index (χ1n) is 8.70. The van der Waals surface area contributed by atoms with Crippen molar-refractivity contribution in [2.24, 2.45) is 0 Å².